The van der Waals surface area contributed by atoms with Gasteiger partial charge in [0.25, 0.3) is 5.91 Å². The number of amides is 3. The molecule has 3 amide bonds. The van der Waals surface area contributed by atoms with E-state index >= 15 is 0 Å². The number of carbonyl (C=O) groups is 3. The Morgan fingerprint density at radius 2 is 1.86 bits per heavy atom. The second-order valence-electron chi connectivity index (χ2n) is 7.23. The Morgan fingerprint density at radius 1 is 1.11 bits per heavy atom. The maximum atomic E-state index is 12.5. The largest absolute Gasteiger partial charge is 0.481 e. The van der Waals surface area contributed by atoms with Gasteiger partial charge in [-0.15, -0.1) is 0 Å². The second-order valence-corrected chi connectivity index (χ2v) is 7.23. The van der Waals surface area contributed by atoms with Crippen LogP contribution in [0.2, 0.25) is 0 Å². The summed E-state index contributed by atoms with van der Waals surface area (Å²) in [6.45, 7) is 0. The molecule has 1 aliphatic carbocycles. The summed E-state index contributed by atoms with van der Waals surface area (Å²) in [5, 5.41) is 14.2. The van der Waals surface area contributed by atoms with Crippen molar-refractivity contribution in [3.05, 3.63) is 60.2 Å². The van der Waals surface area contributed by atoms with Crippen LogP contribution in [0.4, 0.5) is 4.79 Å². The lowest BCUT2D eigenvalue weighted by atomic mass is 9.85. The van der Waals surface area contributed by atoms with Gasteiger partial charge in [-0.3, -0.25) is 14.9 Å². The van der Waals surface area contributed by atoms with Crippen LogP contribution in [-0.2, 0) is 16.0 Å². The van der Waals surface area contributed by atoms with Crippen molar-refractivity contribution in [1.82, 2.24) is 10.6 Å². The third-order valence-corrected chi connectivity index (χ3v) is 5.39. The van der Waals surface area contributed by atoms with E-state index in [1.807, 2.05) is 54.6 Å². The smallest absolute Gasteiger partial charge is 0.322 e. The van der Waals surface area contributed by atoms with Crippen molar-refractivity contribution in [2.24, 2.45) is 11.8 Å². The fraction of sp³-hybridized carbons (Fsp3) is 0.286. The van der Waals surface area contributed by atoms with Gasteiger partial charge in [0.1, 0.15) is 17.0 Å². The zero-order valence-electron chi connectivity index (χ0n) is 15.1. The summed E-state index contributed by atoms with van der Waals surface area (Å²) >= 11 is 0. The molecule has 3 atom stereocenters. The Bertz CT molecular complexity index is 929. The van der Waals surface area contributed by atoms with Crippen LogP contribution in [0.5, 0.6) is 11.5 Å². The molecule has 1 saturated heterocycles. The number of carboxylic acids is 1. The number of rotatable bonds is 7. The Balaban J connectivity index is 1.49. The molecule has 1 heterocycles. The lowest BCUT2D eigenvalue weighted by molar-refractivity contribution is -0.139. The van der Waals surface area contributed by atoms with Gasteiger partial charge >= 0.3 is 12.0 Å². The summed E-state index contributed by atoms with van der Waals surface area (Å²) in [4.78, 5) is 35.5. The number of urea groups is 1. The van der Waals surface area contributed by atoms with Crippen molar-refractivity contribution in [3.8, 4) is 11.5 Å². The summed E-state index contributed by atoms with van der Waals surface area (Å²) in [6.07, 6.45) is 1.22. The Kier molecular flexibility index (Phi) is 4.50. The number of ether oxygens (including phenoxy) is 1. The molecule has 3 N–H and O–H groups in total. The molecule has 2 aromatic rings. The van der Waals surface area contributed by atoms with Gasteiger partial charge in [-0.05, 0) is 49.1 Å². The summed E-state index contributed by atoms with van der Waals surface area (Å²) in [5.74, 6) is -0.968. The number of hydrogen-bond donors (Lipinski definition) is 3. The normalized spacial score (nSPS) is 25.7. The fourth-order valence-corrected chi connectivity index (χ4v) is 3.87. The molecule has 4 rings (SSSR count). The lowest BCUT2D eigenvalue weighted by Crippen LogP contribution is -2.50. The van der Waals surface area contributed by atoms with Crippen LogP contribution < -0.4 is 15.4 Å². The van der Waals surface area contributed by atoms with Crippen LogP contribution in [0.15, 0.2) is 54.6 Å². The van der Waals surface area contributed by atoms with E-state index in [0.29, 0.717) is 25.0 Å². The highest BCUT2D eigenvalue weighted by atomic mass is 16.5. The second kappa shape index (κ2) is 6.99. The first-order valence-corrected chi connectivity index (χ1v) is 9.16. The monoisotopic (exact) mass is 380 g/mol. The quantitative estimate of drug-likeness (QED) is 0.641. The lowest BCUT2D eigenvalue weighted by Gasteiger charge is -2.26. The number of carboxylic acid groups (broad SMARTS) is 1. The molecule has 1 aliphatic heterocycles. The van der Waals surface area contributed by atoms with Crippen LogP contribution in [0.3, 0.4) is 0 Å². The first-order valence-electron chi connectivity index (χ1n) is 9.16. The van der Waals surface area contributed by atoms with Gasteiger partial charge in [0.05, 0.1) is 5.92 Å². The molecule has 0 aromatic heterocycles. The van der Waals surface area contributed by atoms with Crippen LogP contribution in [-0.4, -0.2) is 28.6 Å². The molecule has 1 saturated carbocycles. The minimum absolute atomic E-state index is 0.327. The molecule has 1 unspecified atom stereocenters. The highest BCUT2D eigenvalue weighted by molar-refractivity contribution is 6.08. The number of nitrogens with one attached hydrogen (secondary N) is 2. The van der Waals surface area contributed by atoms with Gasteiger partial charge < -0.3 is 15.2 Å². The molecule has 2 aliphatic rings. The predicted molar refractivity (Wildman–Crippen MR) is 99.9 cm³/mol. The van der Waals surface area contributed by atoms with E-state index in [2.05, 4.69) is 10.6 Å². The molecule has 144 valence electrons. The average Bonchev–Trinajstić information content (AvgIpc) is 3.42. The van der Waals surface area contributed by atoms with E-state index in [4.69, 9.17) is 4.74 Å². The van der Waals surface area contributed by atoms with Crippen molar-refractivity contribution in [1.29, 1.82) is 0 Å². The third-order valence-electron chi connectivity index (χ3n) is 5.39. The standard InChI is InChI=1S/C21H20N2O5/c24-18(25)16-12-17(16)21(19(26)22-20(27)23-21)10-9-13-5-4-8-15(11-13)28-14-6-2-1-3-7-14/h1-8,11,16-17H,9-10,12H2,(H,24,25)(H2,22,23,26,27)/t16-,17-,21?/m0/s1. The van der Waals surface area contributed by atoms with E-state index in [9.17, 15) is 19.5 Å². The van der Waals surface area contributed by atoms with Crippen LogP contribution in [0.25, 0.3) is 0 Å². The Hall–Kier alpha value is -3.35. The van der Waals surface area contributed by atoms with Crippen LogP contribution in [0.1, 0.15) is 18.4 Å². The van der Waals surface area contributed by atoms with E-state index < -0.39 is 29.4 Å². The summed E-state index contributed by atoms with van der Waals surface area (Å²) < 4.78 is 5.84. The van der Waals surface area contributed by atoms with E-state index in [1.165, 1.54) is 0 Å². The number of aryl methyl sites for hydroxylation is 1. The number of benzene rings is 2. The van der Waals surface area contributed by atoms with E-state index in [0.717, 1.165) is 11.3 Å². The number of hydrogen-bond acceptors (Lipinski definition) is 4. The van der Waals surface area contributed by atoms with Gasteiger partial charge in [-0.2, -0.15) is 0 Å². The minimum Gasteiger partial charge on any atom is -0.481 e. The molecule has 7 heteroatoms. The minimum atomic E-state index is -1.17. The topological polar surface area (TPSA) is 105 Å². The Labute approximate surface area is 161 Å². The highest BCUT2D eigenvalue weighted by Crippen LogP contribution is 2.49. The maximum absolute atomic E-state index is 12.5. The number of carbonyl (C=O) groups excluding carboxylic acids is 2. The van der Waals surface area contributed by atoms with Crippen molar-refractivity contribution in [3.63, 3.8) is 0 Å². The highest BCUT2D eigenvalue weighted by Gasteiger charge is 2.62. The molecule has 0 spiro atoms. The van der Waals surface area contributed by atoms with Gasteiger partial charge in [-0.25, -0.2) is 4.79 Å². The molecule has 7 nitrogen and oxygen atoms in total. The molecular weight excluding hydrogens is 360 g/mol. The zero-order chi connectivity index (χ0) is 19.7. The predicted octanol–water partition coefficient (Wildman–Crippen LogP) is 2.71. The van der Waals surface area contributed by atoms with Crippen molar-refractivity contribution in [2.45, 2.75) is 24.8 Å². The van der Waals surface area contributed by atoms with Crippen molar-refractivity contribution >= 4 is 17.9 Å². The van der Waals surface area contributed by atoms with Crippen molar-refractivity contribution < 1.29 is 24.2 Å². The van der Waals surface area contributed by atoms with Crippen LogP contribution >= 0.6 is 0 Å². The summed E-state index contributed by atoms with van der Waals surface area (Å²) in [5.41, 5.74) is -0.231. The fourth-order valence-electron chi connectivity index (χ4n) is 3.87. The molecular formula is C21H20N2O5. The SMILES string of the molecule is O=C1NC(=O)C(CCc2cccc(Oc3ccccc3)c2)([C@H]2C[C@@H]2C(=O)O)N1. The number of imide groups is 1. The van der Waals surface area contributed by atoms with Gasteiger partial charge in [0, 0.05) is 5.92 Å². The van der Waals surface area contributed by atoms with Gasteiger partial charge in [-0.1, -0.05) is 30.3 Å². The summed E-state index contributed by atoms with van der Waals surface area (Å²) in [6, 6.07) is 16.4. The molecule has 2 aromatic carbocycles. The first-order chi connectivity index (χ1) is 13.5. The molecule has 0 bridgehead atoms. The zero-order valence-corrected chi connectivity index (χ0v) is 15.1. The Morgan fingerprint density at radius 3 is 2.50 bits per heavy atom. The average molecular weight is 380 g/mol. The molecule has 28 heavy (non-hydrogen) atoms. The number of aliphatic carboxylic acids is 1. The number of para-hydroxylation sites is 1. The van der Waals surface area contributed by atoms with E-state index in [1.54, 1.807) is 0 Å². The van der Waals surface area contributed by atoms with E-state index in [-0.39, 0.29) is 5.92 Å². The van der Waals surface area contributed by atoms with Crippen molar-refractivity contribution in [2.75, 3.05) is 0 Å². The maximum Gasteiger partial charge on any atom is 0.322 e. The third kappa shape index (κ3) is 3.43. The first kappa shape index (κ1) is 18.0. The summed E-state index contributed by atoms with van der Waals surface area (Å²) in [7, 11) is 0. The van der Waals surface area contributed by atoms with Gasteiger partial charge in [0.2, 0.25) is 0 Å². The van der Waals surface area contributed by atoms with Crippen LogP contribution in [0, 0.1) is 11.8 Å². The molecule has 0 radical (unpaired) electrons. The molecule has 2 fully saturated rings. The van der Waals surface area contributed by atoms with Gasteiger partial charge in [0.15, 0.2) is 0 Å².